The number of benzene rings is 2. The van der Waals surface area contributed by atoms with Gasteiger partial charge in [0.05, 0.1) is 11.9 Å². The molecule has 134 valence electrons. The van der Waals surface area contributed by atoms with Crippen LogP contribution in [0.5, 0.6) is 0 Å². The van der Waals surface area contributed by atoms with Gasteiger partial charge >= 0.3 is 6.03 Å². The quantitative estimate of drug-likeness (QED) is 0.571. The number of rotatable bonds is 4. The van der Waals surface area contributed by atoms with Crippen molar-refractivity contribution in [2.75, 3.05) is 6.54 Å². The number of hydrogen-bond acceptors (Lipinski definition) is 4. The van der Waals surface area contributed by atoms with Crippen molar-refractivity contribution < 1.29 is 14.0 Å². The minimum atomic E-state index is -0.574. The average molecular weight is 363 g/mol. The first-order valence-electron chi connectivity index (χ1n) is 8.16. The number of nitrogens with one attached hydrogen (secondary N) is 1. The lowest BCUT2D eigenvalue weighted by Crippen LogP contribution is -2.24. The molecule has 1 saturated heterocycles. The van der Waals surface area contributed by atoms with E-state index >= 15 is 0 Å². The van der Waals surface area contributed by atoms with Crippen LogP contribution in [0.1, 0.15) is 5.56 Å². The van der Waals surface area contributed by atoms with Gasteiger partial charge in [-0.05, 0) is 36.4 Å². The molecular formula is C19H14FN5O2. The fourth-order valence-corrected chi connectivity index (χ4v) is 2.68. The van der Waals surface area contributed by atoms with Crippen LogP contribution in [0.2, 0.25) is 0 Å². The van der Waals surface area contributed by atoms with Crippen LogP contribution < -0.4 is 5.32 Å². The van der Waals surface area contributed by atoms with Crippen LogP contribution in [0.25, 0.3) is 16.9 Å². The molecule has 1 aromatic heterocycles. The Morgan fingerprint density at radius 2 is 1.81 bits per heavy atom. The van der Waals surface area contributed by atoms with E-state index in [1.165, 1.54) is 18.3 Å². The third kappa shape index (κ3) is 3.45. The van der Waals surface area contributed by atoms with E-state index < -0.39 is 11.9 Å². The monoisotopic (exact) mass is 363 g/mol. The van der Waals surface area contributed by atoms with Crippen LogP contribution in [-0.2, 0) is 4.79 Å². The summed E-state index contributed by atoms with van der Waals surface area (Å²) in [6.45, 7) is -0.131. The Kier molecular flexibility index (Phi) is 4.21. The third-order valence-corrected chi connectivity index (χ3v) is 3.99. The van der Waals surface area contributed by atoms with Crippen molar-refractivity contribution in [2.24, 2.45) is 5.10 Å². The number of carbonyl (C=O) groups excluding carboxylic acids is 2. The molecule has 1 aliphatic rings. The predicted octanol–water partition coefficient (Wildman–Crippen LogP) is 2.56. The maximum Gasteiger partial charge on any atom is 0.344 e. The number of urea groups is 1. The molecule has 0 aliphatic carbocycles. The first-order chi connectivity index (χ1) is 13.1. The molecule has 27 heavy (non-hydrogen) atoms. The Balaban J connectivity index is 1.74. The highest BCUT2D eigenvalue weighted by atomic mass is 19.1. The summed E-state index contributed by atoms with van der Waals surface area (Å²) < 4.78 is 14.9. The van der Waals surface area contributed by atoms with Crippen LogP contribution in [0, 0.1) is 5.82 Å². The van der Waals surface area contributed by atoms with Gasteiger partial charge in [0, 0.05) is 17.3 Å². The number of aromatic nitrogens is 2. The van der Waals surface area contributed by atoms with Gasteiger partial charge in [-0.25, -0.2) is 18.9 Å². The van der Waals surface area contributed by atoms with E-state index in [1.54, 1.807) is 23.0 Å². The topological polar surface area (TPSA) is 79.6 Å². The van der Waals surface area contributed by atoms with E-state index in [9.17, 15) is 14.0 Å². The van der Waals surface area contributed by atoms with E-state index in [4.69, 9.17) is 0 Å². The van der Waals surface area contributed by atoms with Crippen LogP contribution >= 0.6 is 0 Å². The largest absolute Gasteiger partial charge is 0.344 e. The maximum absolute atomic E-state index is 13.3. The molecule has 0 spiro atoms. The van der Waals surface area contributed by atoms with E-state index in [0.29, 0.717) is 16.8 Å². The Hall–Kier alpha value is -3.81. The standard InChI is InChI=1S/C19H14FN5O2/c20-15-8-6-13(7-9-15)18-14(10-21-25-12-17(26)22-19(25)27)11-24(23-18)16-4-2-1-3-5-16/h1-11H,12H2,(H,22,26,27)/b21-10-. The van der Waals surface area contributed by atoms with Crippen molar-refractivity contribution in [3.63, 3.8) is 0 Å². The molecule has 0 atom stereocenters. The van der Waals surface area contributed by atoms with Gasteiger partial charge in [0.15, 0.2) is 0 Å². The zero-order chi connectivity index (χ0) is 18.8. The van der Waals surface area contributed by atoms with E-state index in [1.807, 2.05) is 30.3 Å². The predicted molar refractivity (Wildman–Crippen MR) is 96.8 cm³/mol. The van der Waals surface area contributed by atoms with E-state index in [0.717, 1.165) is 10.7 Å². The maximum atomic E-state index is 13.3. The molecule has 1 fully saturated rings. The second-order valence-corrected chi connectivity index (χ2v) is 5.88. The lowest BCUT2D eigenvalue weighted by atomic mass is 10.1. The van der Waals surface area contributed by atoms with Gasteiger partial charge in [0.2, 0.25) is 5.91 Å². The first kappa shape index (κ1) is 16.6. The van der Waals surface area contributed by atoms with Crippen molar-refractivity contribution in [2.45, 2.75) is 0 Å². The molecule has 1 aliphatic heterocycles. The van der Waals surface area contributed by atoms with Crippen LogP contribution in [0.4, 0.5) is 9.18 Å². The van der Waals surface area contributed by atoms with Gasteiger partial charge < -0.3 is 0 Å². The summed E-state index contributed by atoms with van der Waals surface area (Å²) in [4.78, 5) is 22.9. The molecule has 7 nitrogen and oxygen atoms in total. The lowest BCUT2D eigenvalue weighted by Gasteiger charge is -2.04. The number of carbonyl (C=O) groups is 2. The lowest BCUT2D eigenvalue weighted by molar-refractivity contribution is -0.118. The molecule has 4 rings (SSSR count). The Bertz CT molecular complexity index is 1030. The number of imide groups is 1. The minimum Gasteiger partial charge on any atom is -0.275 e. The van der Waals surface area contributed by atoms with Gasteiger partial charge in [0.1, 0.15) is 18.1 Å². The highest BCUT2D eigenvalue weighted by molar-refractivity contribution is 6.02. The first-order valence-corrected chi connectivity index (χ1v) is 8.16. The van der Waals surface area contributed by atoms with Gasteiger partial charge in [-0.1, -0.05) is 18.2 Å². The van der Waals surface area contributed by atoms with Crippen molar-refractivity contribution in [1.29, 1.82) is 0 Å². The molecule has 0 unspecified atom stereocenters. The summed E-state index contributed by atoms with van der Waals surface area (Å²) >= 11 is 0. The zero-order valence-corrected chi connectivity index (χ0v) is 14.0. The Morgan fingerprint density at radius 3 is 2.48 bits per heavy atom. The van der Waals surface area contributed by atoms with Crippen LogP contribution in [0.15, 0.2) is 65.9 Å². The summed E-state index contributed by atoms with van der Waals surface area (Å²) in [5.74, 6) is -0.750. The number of hydrogen-bond donors (Lipinski definition) is 1. The van der Waals surface area contributed by atoms with E-state index in [-0.39, 0.29) is 12.4 Å². The molecule has 0 radical (unpaired) electrons. The Morgan fingerprint density at radius 1 is 1.07 bits per heavy atom. The Labute approximate surface area is 153 Å². The van der Waals surface area contributed by atoms with Gasteiger partial charge in [-0.3, -0.25) is 10.1 Å². The molecule has 0 bridgehead atoms. The van der Waals surface area contributed by atoms with Gasteiger partial charge in [-0.15, -0.1) is 0 Å². The molecule has 8 heteroatoms. The van der Waals surface area contributed by atoms with Crippen LogP contribution in [0.3, 0.4) is 0 Å². The van der Waals surface area contributed by atoms with Crippen molar-refractivity contribution in [1.82, 2.24) is 20.1 Å². The molecule has 3 aromatic rings. The summed E-state index contributed by atoms with van der Waals surface area (Å²) in [5.41, 5.74) is 2.75. The van der Waals surface area contributed by atoms with Crippen molar-refractivity contribution >= 4 is 18.2 Å². The molecule has 2 aromatic carbocycles. The number of amides is 3. The molecule has 0 saturated carbocycles. The number of halogens is 1. The fraction of sp³-hybridized carbons (Fsp3) is 0.0526. The fourth-order valence-electron chi connectivity index (χ4n) is 2.68. The summed E-state index contributed by atoms with van der Waals surface area (Å²) in [7, 11) is 0. The zero-order valence-electron chi connectivity index (χ0n) is 14.0. The highest BCUT2D eigenvalue weighted by Gasteiger charge is 2.26. The SMILES string of the molecule is O=C1CN(/N=C\c2cn(-c3ccccc3)nc2-c2ccc(F)cc2)C(=O)N1. The second-order valence-electron chi connectivity index (χ2n) is 5.88. The molecule has 2 heterocycles. The summed E-state index contributed by atoms with van der Waals surface area (Å²) in [6.07, 6.45) is 3.22. The van der Waals surface area contributed by atoms with Crippen molar-refractivity contribution in [3.8, 4) is 16.9 Å². The number of para-hydroxylation sites is 1. The number of hydrazone groups is 1. The molecule has 1 N–H and O–H groups in total. The number of nitrogens with zero attached hydrogens (tertiary/aromatic N) is 4. The van der Waals surface area contributed by atoms with Crippen molar-refractivity contribution in [3.05, 3.63) is 72.2 Å². The molecular weight excluding hydrogens is 349 g/mol. The third-order valence-electron chi connectivity index (χ3n) is 3.99. The minimum absolute atomic E-state index is 0.131. The molecule has 3 amide bonds. The van der Waals surface area contributed by atoms with Crippen LogP contribution in [-0.4, -0.2) is 39.5 Å². The smallest absolute Gasteiger partial charge is 0.275 e. The highest BCUT2D eigenvalue weighted by Crippen LogP contribution is 2.23. The second kappa shape index (κ2) is 6.83. The van der Waals surface area contributed by atoms with Gasteiger partial charge in [-0.2, -0.15) is 10.2 Å². The normalized spacial score (nSPS) is 14.2. The van der Waals surface area contributed by atoms with E-state index in [2.05, 4.69) is 15.5 Å². The summed E-state index contributed by atoms with van der Waals surface area (Å²) in [6, 6.07) is 14.9. The average Bonchev–Trinajstić information content (AvgIpc) is 3.24. The summed E-state index contributed by atoms with van der Waals surface area (Å²) in [5, 5.41) is 11.9. The van der Waals surface area contributed by atoms with Gasteiger partial charge in [0.25, 0.3) is 0 Å².